The van der Waals surface area contributed by atoms with Crippen molar-refractivity contribution in [2.24, 2.45) is 0 Å². The summed E-state index contributed by atoms with van der Waals surface area (Å²) < 4.78 is 2.61. The predicted octanol–water partition coefficient (Wildman–Crippen LogP) is 16.9. The lowest BCUT2D eigenvalue weighted by molar-refractivity contribution is 0.769. The van der Waals surface area contributed by atoms with Crippen LogP contribution in [0.1, 0.15) is 22.3 Å². The molecule has 0 saturated carbocycles. The second kappa shape index (κ2) is 15.3. The highest BCUT2D eigenvalue weighted by atomic mass is 32.1. The lowest BCUT2D eigenvalue weighted by Crippen LogP contribution is -2.28. The van der Waals surface area contributed by atoms with Crippen LogP contribution >= 0.6 is 11.3 Å². The summed E-state index contributed by atoms with van der Waals surface area (Å²) in [5, 5.41) is 2.58. The average Bonchev–Trinajstić information content (AvgIpc) is 3.88. The van der Waals surface area contributed by atoms with E-state index in [1.165, 1.54) is 86.9 Å². The zero-order valence-electron chi connectivity index (χ0n) is 34.5. The van der Waals surface area contributed by atoms with Crippen LogP contribution in [0, 0.1) is 0 Å². The van der Waals surface area contributed by atoms with Crippen LogP contribution in [-0.2, 0) is 5.41 Å². The smallest absolute Gasteiger partial charge is 0.0713 e. The molecule has 296 valence electrons. The van der Waals surface area contributed by atoms with Crippen LogP contribution in [0.15, 0.2) is 249 Å². The Balaban J connectivity index is 1.04. The van der Waals surface area contributed by atoms with E-state index in [1.54, 1.807) is 0 Å². The Labute approximate surface area is 372 Å². The molecule has 0 unspecified atom stereocenters. The minimum atomic E-state index is -0.480. The Kier molecular flexibility index (Phi) is 8.98. The summed E-state index contributed by atoms with van der Waals surface area (Å²) in [5.74, 6) is 0. The number of benzene rings is 10. The molecule has 1 aliphatic rings. The number of anilines is 3. The van der Waals surface area contributed by atoms with Gasteiger partial charge in [0, 0.05) is 37.2 Å². The third kappa shape index (κ3) is 6.14. The average molecular weight is 820 g/mol. The van der Waals surface area contributed by atoms with Crippen molar-refractivity contribution in [3.05, 3.63) is 271 Å². The molecule has 1 nitrogen and oxygen atoms in total. The van der Waals surface area contributed by atoms with E-state index in [0.717, 1.165) is 17.1 Å². The summed E-state index contributed by atoms with van der Waals surface area (Å²) in [6.45, 7) is 0. The van der Waals surface area contributed by atoms with Gasteiger partial charge in [-0.2, -0.15) is 0 Å². The molecule has 11 aromatic rings. The van der Waals surface area contributed by atoms with E-state index in [0.29, 0.717) is 0 Å². The first-order valence-corrected chi connectivity index (χ1v) is 22.5. The van der Waals surface area contributed by atoms with Crippen LogP contribution in [0.3, 0.4) is 0 Å². The van der Waals surface area contributed by atoms with Gasteiger partial charge >= 0.3 is 0 Å². The molecule has 0 amide bonds. The molecule has 0 N–H and O–H groups in total. The molecule has 0 fully saturated rings. The Morgan fingerprint density at radius 2 is 0.762 bits per heavy atom. The third-order valence-electron chi connectivity index (χ3n) is 13.0. The van der Waals surface area contributed by atoms with E-state index >= 15 is 0 Å². The van der Waals surface area contributed by atoms with Crippen LogP contribution < -0.4 is 4.90 Å². The molecule has 2 heteroatoms. The zero-order chi connectivity index (χ0) is 41.7. The Bertz CT molecular complexity index is 3370. The topological polar surface area (TPSA) is 3.24 Å². The van der Waals surface area contributed by atoms with E-state index in [4.69, 9.17) is 0 Å². The first-order chi connectivity index (χ1) is 31.2. The maximum atomic E-state index is 2.49. The molecule has 1 heterocycles. The van der Waals surface area contributed by atoms with Crippen molar-refractivity contribution < 1.29 is 0 Å². The SMILES string of the molecule is c1ccc(-c2ccc(N(c3ccc(-c4cc5c(cc4-c4ccccc4)C(c4ccccc4)(c4ccccc4)c4ccccc4-5)cc3)c3ccc4sc5ccccc5c4c3)cc2)cc1. The molecule has 0 bridgehead atoms. The van der Waals surface area contributed by atoms with Crippen molar-refractivity contribution >= 4 is 48.6 Å². The van der Waals surface area contributed by atoms with Gasteiger partial charge in [0.1, 0.15) is 0 Å². The molecule has 1 aromatic heterocycles. The van der Waals surface area contributed by atoms with E-state index in [-0.39, 0.29) is 0 Å². The summed E-state index contributed by atoms with van der Waals surface area (Å²) >= 11 is 1.86. The predicted molar refractivity (Wildman–Crippen MR) is 268 cm³/mol. The highest BCUT2D eigenvalue weighted by molar-refractivity contribution is 7.25. The summed E-state index contributed by atoms with van der Waals surface area (Å²) in [6, 6.07) is 91.5. The van der Waals surface area contributed by atoms with Gasteiger partial charge < -0.3 is 4.90 Å². The van der Waals surface area contributed by atoms with Gasteiger partial charge in [0.05, 0.1) is 5.41 Å². The highest BCUT2D eigenvalue weighted by Gasteiger charge is 2.46. The summed E-state index contributed by atoms with van der Waals surface area (Å²) in [6.07, 6.45) is 0. The number of rotatable bonds is 8. The number of hydrogen-bond donors (Lipinski definition) is 0. The molecule has 1 aliphatic carbocycles. The van der Waals surface area contributed by atoms with Crippen LogP contribution in [-0.4, -0.2) is 0 Å². The van der Waals surface area contributed by atoms with E-state index in [2.05, 4.69) is 254 Å². The van der Waals surface area contributed by atoms with Gasteiger partial charge in [-0.25, -0.2) is 0 Å². The number of thiophene rings is 1. The van der Waals surface area contributed by atoms with Crippen LogP contribution in [0.25, 0.3) is 64.7 Å². The van der Waals surface area contributed by atoms with Gasteiger partial charge in [-0.05, 0) is 127 Å². The maximum absolute atomic E-state index is 2.49. The van der Waals surface area contributed by atoms with Gasteiger partial charge in [-0.1, -0.05) is 188 Å². The number of fused-ring (bicyclic) bond motifs is 6. The second-order valence-electron chi connectivity index (χ2n) is 16.4. The number of nitrogens with zero attached hydrogens (tertiary/aromatic N) is 1. The molecule has 10 aromatic carbocycles. The Morgan fingerprint density at radius 1 is 0.286 bits per heavy atom. The molecule has 0 saturated heterocycles. The fourth-order valence-electron chi connectivity index (χ4n) is 10.1. The molecule has 0 atom stereocenters. The number of hydrogen-bond acceptors (Lipinski definition) is 2. The van der Waals surface area contributed by atoms with Crippen molar-refractivity contribution in [1.82, 2.24) is 0 Å². The maximum Gasteiger partial charge on any atom is 0.0713 e. The van der Waals surface area contributed by atoms with Gasteiger partial charge in [0.2, 0.25) is 0 Å². The normalized spacial score (nSPS) is 12.6. The molecule has 0 radical (unpaired) electrons. The molecular formula is C61H41NS. The molecule has 63 heavy (non-hydrogen) atoms. The van der Waals surface area contributed by atoms with Crippen LogP contribution in [0.2, 0.25) is 0 Å². The second-order valence-corrected chi connectivity index (χ2v) is 17.5. The zero-order valence-corrected chi connectivity index (χ0v) is 35.3. The van der Waals surface area contributed by atoms with E-state index < -0.39 is 5.41 Å². The minimum absolute atomic E-state index is 0.480. The van der Waals surface area contributed by atoms with Gasteiger partial charge in [0.15, 0.2) is 0 Å². The quantitative estimate of drug-likeness (QED) is 0.148. The van der Waals surface area contributed by atoms with E-state index in [9.17, 15) is 0 Å². The standard InChI is InChI=1S/C61H41NS/c1-5-17-42(18-6-1)43-29-33-48(34-30-43)62(50-37-38-60-56(39-50)52-26-14-16-28-59(52)63-60)49-35-31-45(32-36-49)53-40-55-51-25-13-15-27-57(51)61(46-21-9-3-10-22-46,47-23-11-4-12-24-47)58(55)41-54(53)44-19-7-2-8-20-44/h1-41H. The van der Waals surface area contributed by atoms with Crippen molar-refractivity contribution in [1.29, 1.82) is 0 Å². The van der Waals surface area contributed by atoms with Gasteiger partial charge in [0.25, 0.3) is 0 Å². The largest absolute Gasteiger partial charge is 0.310 e. The van der Waals surface area contributed by atoms with Crippen molar-refractivity contribution in [2.75, 3.05) is 4.90 Å². The Morgan fingerprint density at radius 3 is 1.43 bits per heavy atom. The summed E-state index contributed by atoms with van der Waals surface area (Å²) in [4.78, 5) is 2.40. The van der Waals surface area contributed by atoms with Crippen LogP contribution in [0.4, 0.5) is 17.1 Å². The van der Waals surface area contributed by atoms with Crippen molar-refractivity contribution in [3.8, 4) is 44.5 Å². The van der Waals surface area contributed by atoms with Crippen molar-refractivity contribution in [3.63, 3.8) is 0 Å². The fraction of sp³-hybridized carbons (Fsp3) is 0.0164. The lowest BCUT2D eigenvalue weighted by atomic mass is 9.67. The first kappa shape index (κ1) is 37.0. The summed E-state index contributed by atoms with van der Waals surface area (Å²) in [7, 11) is 0. The van der Waals surface area contributed by atoms with E-state index in [1.807, 2.05) is 11.3 Å². The minimum Gasteiger partial charge on any atom is -0.310 e. The Hall–Kier alpha value is -7.78. The van der Waals surface area contributed by atoms with Gasteiger partial charge in [-0.3, -0.25) is 0 Å². The molecular weight excluding hydrogens is 779 g/mol. The third-order valence-corrected chi connectivity index (χ3v) is 14.1. The molecule has 0 spiro atoms. The van der Waals surface area contributed by atoms with Crippen LogP contribution in [0.5, 0.6) is 0 Å². The molecule has 12 rings (SSSR count). The van der Waals surface area contributed by atoms with Gasteiger partial charge in [-0.15, -0.1) is 11.3 Å². The first-order valence-electron chi connectivity index (χ1n) is 21.7. The lowest BCUT2D eigenvalue weighted by Gasteiger charge is -2.34. The highest BCUT2D eigenvalue weighted by Crippen LogP contribution is 2.58. The summed E-state index contributed by atoms with van der Waals surface area (Å²) in [5.41, 5.74) is 17.8. The molecule has 0 aliphatic heterocycles. The van der Waals surface area contributed by atoms with Crippen molar-refractivity contribution in [2.45, 2.75) is 5.41 Å². The monoisotopic (exact) mass is 819 g/mol. The fourth-order valence-corrected chi connectivity index (χ4v) is 11.2.